The third-order valence-electron chi connectivity index (χ3n) is 4.56. The van der Waals surface area contributed by atoms with Gasteiger partial charge in [0, 0.05) is 11.5 Å². The molecule has 27 heavy (non-hydrogen) atoms. The van der Waals surface area contributed by atoms with Gasteiger partial charge in [0.25, 0.3) is 17.5 Å². The minimum absolute atomic E-state index is 0.145. The number of nitro benzene ring substituents is 1. The van der Waals surface area contributed by atoms with E-state index in [-0.39, 0.29) is 22.2 Å². The molecular formula is C20H13N3O4. The zero-order chi connectivity index (χ0) is 19.1. The van der Waals surface area contributed by atoms with Gasteiger partial charge in [-0.2, -0.15) is 10.1 Å². The highest BCUT2D eigenvalue weighted by Crippen LogP contribution is 2.35. The number of amides is 2. The molecule has 1 heterocycles. The molecule has 0 spiro atoms. The lowest BCUT2D eigenvalue weighted by atomic mass is 9.94. The highest BCUT2D eigenvalue weighted by molar-refractivity contribution is 6.26. The van der Waals surface area contributed by atoms with Gasteiger partial charge in [-0.25, -0.2) is 0 Å². The van der Waals surface area contributed by atoms with Crippen LogP contribution >= 0.6 is 0 Å². The van der Waals surface area contributed by atoms with E-state index in [0.29, 0.717) is 5.39 Å². The molecule has 3 aromatic rings. The van der Waals surface area contributed by atoms with E-state index in [1.54, 1.807) is 12.1 Å². The lowest BCUT2D eigenvalue weighted by Gasteiger charge is -2.23. The standard InChI is InChI=1S/C20H13N3O4/c1-12-5-2-3-6-13(12)11-21-22-19(24)15-8-4-7-14-17(23(26)27)10-9-16(18(14)15)20(22)25/h2-11H,1H3/b21-11-. The molecule has 0 radical (unpaired) electrons. The first-order valence-electron chi connectivity index (χ1n) is 8.17. The van der Waals surface area contributed by atoms with Crippen LogP contribution in [-0.2, 0) is 0 Å². The van der Waals surface area contributed by atoms with E-state index in [4.69, 9.17) is 0 Å². The van der Waals surface area contributed by atoms with Crippen molar-refractivity contribution in [2.45, 2.75) is 6.92 Å². The fraction of sp³-hybridized carbons (Fsp3) is 0.0500. The first kappa shape index (κ1) is 16.6. The van der Waals surface area contributed by atoms with Crippen LogP contribution in [0.5, 0.6) is 0 Å². The number of carbonyl (C=O) groups is 2. The molecule has 0 aromatic heterocycles. The van der Waals surface area contributed by atoms with Crippen LogP contribution in [0.2, 0.25) is 0 Å². The van der Waals surface area contributed by atoms with Crippen LogP contribution in [0.1, 0.15) is 31.8 Å². The van der Waals surface area contributed by atoms with Gasteiger partial charge in [0.15, 0.2) is 0 Å². The van der Waals surface area contributed by atoms with E-state index in [1.807, 2.05) is 31.2 Å². The summed E-state index contributed by atoms with van der Waals surface area (Å²) in [7, 11) is 0. The number of nitro groups is 1. The molecule has 0 fully saturated rings. The van der Waals surface area contributed by atoms with Gasteiger partial charge in [-0.1, -0.05) is 30.3 Å². The first-order valence-corrected chi connectivity index (χ1v) is 8.17. The molecule has 4 rings (SSSR count). The van der Waals surface area contributed by atoms with Crippen molar-refractivity contribution in [3.05, 3.63) is 87.0 Å². The number of aryl methyl sites for hydroxylation is 1. The maximum atomic E-state index is 12.8. The second-order valence-electron chi connectivity index (χ2n) is 6.14. The summed E-state index contributed by atoms with van der Waals surface area (Å²) in [5.41, 5.74) is 2.02. The molecule has 0 bridgehead atoms. The van der Waals surface area contributed by atoms with Crippen LogP contribution in [0.25, 0.3) is 10.8 Å². The lowest BCUT2D eigenvalue weighted by molar-refractivity contribution is -0.383. The third-order valence-corrected chi connectivity index (χ3v) is 4.56. The predicted octanol–water partition coefficient (Wildman–Crippen LogP) is 3.69. The normalized spacial score (nSPS) is 13.6. The van der Waals surface area contributed by atoms with Gasteiger partial charge in [-0.05, 0) is 36.2 Å². The zero-order valence-corrected chi connectivity index (χ0v) is 14.2. The SMILES string of the molecule is Cc1ccccc1/C=N\N1C(=O)c2cccc3c([N+](=O)[O-])ccc(c23)C1=O. The number of hydrogen-bond acceptors (Lipinski definition) is 5. The Labute approximate surface area is 153 Å². The Kier molecular flexibility index (Phi) is 3.77. The summed E-state index contributed by atoms with van der Waals surface area (Å²) >= 11 is 0. The smallest absolute Gasteiger partial charge is 0.267 e. The number of nitrogens with zero attached hydrogens (tertiary/aromatic N) is 3. The average molecular weight is 359 g/mol. The topological polar surface area (TPSA) is 92.9 Å². The number of imide groups is 1. The van der Waals surface area contributed by atoms with Crippen LogP contribution in [-0.4, -0.2) is 28.0 Å². The van der Waals surface area contributed by atoms with Gasteiger partial charge in [0.05, 0.1) is 27.7 Å². The van der Waals surface area contributed by atoms with Gasteiger partial charge in [-0.15, -0.1) is 0 Å². The van der Waals surface area contributed by atoms with Crippen molar-refractivity contribution in [1.29, 1.82) is 0 Å². The summed E-state index contributed by atoms with van der Waals surface area (Å²) in [5, 5.41) is 16.7. The molecule has 0 saturated heterocycles. The van der Waals surface area contributed by atoms with Gasteiger partial charge >= 0.3 is 0 Å². The Bertz CT molecular complexity index is 1140. The third kappa shape index (κ3) is 2.56. The van der Waals surface area contributed by atoms with E-state index in [1.165, 1.54) is 24.4 Å². The molecule has 1 aliphatic heterocycles. The Hall–Kier alpha value is -3.87. The van der Waals surface area contributed by atoms with E-state index >= 15 is 0 Å². The van der Waals surface area contributed by atoms with Crippen molar-refractivity contribution in [3.63, 3.8) is 0 Å². The Morgan fingerprint density at radius 3 is 2.37 bits per heavy atom. The van der Waals surface area contributed by atoms with Crippen LogP contribution in [0.3, 0.4) is 0 Å². The molecule has 0 unspecified atom stereocenters. The maximum absolute atomic E-state index is 12.8. The molecule has 2 amide bonds. The molecule has 1 aliphatic rings. The average Bonchev–Trinajstić information content (AvgIpc) is 2.66. The van der Waals surface area contributed by atoms with Gasteiger partial charge < -0.3 is 0 Å². The quantitative estimate of drug-likeness (QED) is 0.308. The number of benzene rings is 3. The fourth-order valence-electron chi connectivity index (χ4n) is 3.18. The predicted molar refractivity (Wildman–Crippen MR) is 99.9 cm³/mol. The van der Waals surface area contributed by atoms with Gasteiger partial charge in [-0.3, -0.25) is 19.7 Å². The van der Waals surface area contributed by atoms with Gasteiger partial charge in [0.1, 0.15) is 0 Å². The zero-order valence-electron chi connectivity index (χ0n) is 14.2. The monoisotopic (exact) mass is 359 g/mol. The number of rotatable bonds is 3. The molecule has 0 aliphatic carbocycles. The van der Waals surface area contributed by atoms with Crippen molar-refractivity contribution in [1.82, 2.24) is 5.01 Å². The second kappa shape index (κ2) is 6.14. The minimum Gasteiger partial charge on any atom is -0.267 e. The van der Waals surface area contributed by atoms with Crippen LogP contribution in [0, 0.1) is 17.0 Å². The summed E-state index contributed by atoms with van der Waals surface area (Å²) in [6.45, 7) is 1.90. The number of carbonyl (C=O) groups excluding carboxylic acids is 2. The van der Waals surface area contributed by atoms with Crippen LogP contribution in [0.15, 0.2) is 59.7 Å². The number of hydrogen-bond donors (Lipinski definition) is 0. The number of hydrazone groups is 1. The summed E-state index contributed by atoms with van der Waals surface area (Å²) in [6, 6.07) is 14.7. The molecule has 0 saturated carbocycles. The fourth-order valence-corrected chi connectivity index (χ4v) is 3.18. The van der Waals surface area contributed by atoms with Crippen LogP contribution in [0.4, 0.5) is 5.69 Å². The summed E-state index contributed by atoms with van der Waals surface area (Å²) in [5.74, 6) is -1.22. The molecule has 0 atom stereocenters. The summed E-state index contributed by atoms with van der Waals surface area (Å²) in [4.78, 5) is 36.4. The summed E-state index contributed by atoms with van der Waals surface area (Å²) < 4.78 is 0. The van der Waals surface area contributed by atoms with Crippen molar-refractivity contribution in [2.75, 3.05) is 0 Å². The molecule has 0 N–H and O–H groups in total. The van der Waals surface area contributed by atoms with E-state index < -0.39 is 16.7 Å². The van der Waals surface area contributed by atoms with E-state index in [9.17, 15) is 19.7 Å². The van der Waals surface area contributed by atoms with Gasteiger partial charge in [0.2, 0.25) is 0 Å². The number of non-ortho nitro benzene ring substituents is 1. The molecule has 7 nitrogen and oxygen atoms in total. The Morgan fingerprint density at radius 2 is 1.67 bits per heavy atom. The molecule has 7 heteroatoms. The highest BCUT2D eigenvalue weighted by Gasteiger charge is 2.34. The second-order valence-corrected chi connectivity index (χ2v) is 6.14. The maximum Gasteiger partial charge on any atom is 0.282 e. The van der Waals surface area contributed by atoms with Crippen LogP contribution < -0.4 is 0 Å². The Balaban J connectivity index is 1.85. The molecule has 132 valence electrons. The lowest BCUT2D eigenvalue weighted by Crippen LogP contribution is -2.36. The van der Waals surface area contributed by atoms with Crippen molar-refractivity contribution >= 4 is 34.5 Å². The summed E-state index contributed by atoms with van der Waals surface area (Å²) in [6.07, 6.45) is 1.46. The van der Waals surface area contributed by atoms with E-state index in [0.717, 1.165) is 16.1 Å². The Morgan fingerprint density at radius 1 is 0.963 bits per heavy atom. The van der Waals surface area contributed by atoms with Crippen molar-refractivity contribution in [3.8, 4) is 0 Å². The molecule has 3 aromatic carbocycles. The van der Waals surface area contributed by atoms with Crippen molar-refractivity contribution in [2.24, 2.45) is 5.10 Å². The van der Waals surface area contributed by atoms with Crippen molar-refractivity contribution < 1.29 is 14.5 Å². The highest BCUT2D eigenvalue weighted by atomic mass is 16.6. The molecular weight excluding hydrogens is 346 g/mol. The first-order chi connectivity index (χ1) is 13.0. The minimum atomic E-state index is -0.608. The van der Waals surface area contributed by atoms with E-state index in [2.05, 4.69) is 5.10 Å². The largest absolute Gasteiger partial charge is 0.282 e.